The minimum absolute atomic E-state index is 0.375. The molecule has 0 aromatic rings. The summed E-state index contributed by atoms with van der Waals surface area (Å²) in [5, 5.41) is 6.56. The van der Waals surface area contributed by atoms with Gasteiger partial charge in [0.2, 0.25) is 0 Å². The molecule has 0 heterocycles. The molecule has 0 aliphatic carbocycles. The summed E-state index contributed by atoms with van der Waals surface area (Å²) in [7, 11) is 0. The van der Waals surface area contributed by atoms with Crippen LogP contribution in [0, 0.1) is 5.41 Å². The maximum absolute atomic E-state index is 6.56. The van der Waals surface area contributed by atoms with Gasteiger partial charge in [-0.05, 0) is 6.72 Å². The van der Waals surface area contributed by atoms with Gasteiger partial charge in [-0.15, -0.1) is 0 Å². The van der Waals surface area contributed by atoms with Gasteiger partial charge in [0.05, 0.1) is 6.21 Å². The number of hydrogen-bond acceptors (Lipinski definition) is 2. The zero-order valence-electron chi connectivity index (χ0n) is 3.94. The van der Waals surface area contributed by atoms with E-state index in [1.807, 2.05) is 0 Å². The fourth-order valence-corrected chi connectivity index (χ4v) is 0.153. The molecule has 0 saturated carbocycles. The lowest BCUT2D eigenvalue weighted by Crippen LogP contribution is -1.69. The number of allylic oxidation sites excluding steroid dienone is 1. The lowest BCUT2D eigenvalue weighted by Gasteiger charge is -1.75. The number of nitrogens with zero attached hydrogens (tertiary/aromatic N) is 1. The Labute approximate surface area is 42.4 Å². The van der Waals surface area contributed by atoms with Gasteiger partial charge in [0.15, 0.2) is 0 Å². The monoisotopic (exact) mass is 94.1 g/mol. The molecule has 0 spiro atoms. The molecule has 0 amide bonds. The summed E-state index contributed by atoms with van der Waals surface area (Å²) in [5.74, 6) is 0. The number of aliphatic imine (C=N–C) groups is 1. The van der Waals surface area contributed by atoms with E-state index in [9.17, 15) is 0 Å². The lowest BCUT2D eigenvalue weighted by molar-refractivity contribution is 1.47. The van der Waals surface area contributed by atoms with Gasteiger partial charge in [-0.1, -0.05) is 12.3 Å². The molecule has 0 unspecified atom stereocenters. The Morgan fingerprint density at radius 1 is 1.86 bits per heavy atom. The first kappa shape index (κ1) is 5.86. The summed E-state index contributed by atoms with van der Waals surface area (Å²) in [4.78, 5) is 3.38. The molecule has 1 N–H and O–H groups in total. The Bertz CT molecular complexity index is 119. The second kappa shape index (κ2) is 3.07. The summed E-state index contributed by atoms with van der Waals surface area (Å²) in [6, 6.07) is 0. The Kier molecular flexibility index (Phi) is 2.57. The third kappa shape index (κ3) is 1.68. The molecule has 0 aromatic carbocycles. The largest absolute Gasteiger partial charge is 0.306 e. The Balaban J connectivity index is 4.14. The van der Waals surface area contributed by atoms with Gasteiger partial charge < -0.3 is 5.41 Å². The molecule has 0 bridgehead atoms. The zero-order chi connectivity index (χ0) is 5.70. The van der Waals surface area contributed by atoms with Gasteiger partial charge in [0.1, 0.15) is 5.70 Å². The molecule has 0 aromatic heterocycles. The fraction of sp³-hybridized carbons (Fsp3) is 0. The zero-order valence-corrected chi connectivity index (χ0v) is 3.94. The van der Waals surface area contributed by atoms with Crippen LogP contribution < -0.4 is 0 Å². The number of hydrogen-bond donors (Lipinski definition) is 1. The van der Waals surface area contributed by atoms with Crippen LogP contribution in [0.2, 0.25) is 0 Å². The SMILES string of the molecule is C=C=C(C=N)N=C. The highest BCUT2D eigenvalue weighted by Gasteiger charge is 1.73. The first-order chi connectivity index (χ1) is 3.35. The van der Waals surface area contributed by atoms with E-state index < -0.39 is 0 Å². The maximum Gasteiger partial charge on any atom is 0.121 e. The summed E-state index contributed by atoms with van der Waals surface area (Å²) in [6.45, 7) is 6.42. The highest BCUT2D eigenvalue weighted by molar-refractivity contribution is 5.75. The van der Waals surface area contributed by atoms with Crippen LogP contribution in [0.25, 0.3) is 0 Å². The fourth-order valence-electron chi connectivity index (χ4n) is 0.153. The molecule has 0 rings (SSSR count). The summed E-state index contributed by atoms with van der Waals surface area (Å²) >= 11 is 0. The highest BCUT2D eigenvalue weighted by Crippen LogP contribution is 1.81. The first-order valence-corrected chi connectivity index (χ1v) is 1.72. The van der Waals surface area contributed by atoms with Crippen LogP contribution in [0.1, 0.15) is 0 Å². The van der Waals surface area contributed by atoms with Gasteiger partial charge in [-0.25, -0.2) is 0 Å². The van der Waals surface area contributed by atoms with Crippen molar-refractivity contribution in [3.8, 4) is 0 Å². The van der Waals surface area contributed by atoms with Crippen LogP contribution in [-0.2, 0) is 0 Å². The predicted octanol–water partition coefficient (Wildman–Crippen LogP) is 1.01. The van der Waals surface area contributed by atoms with Crippen molar-refractivity contribution in [2.75, 3.05) is 0 Å². The molecule has 0 radical (unpaired) electrons. The van der Waals surface area contributed by atoms with Crippen LogP contribution in [-0.4, -0.2) is 12.9 Å². The summed E-state index contributed by atoms with van der Waals surface area (Å²) in [6.07, 6.45) is 1.04. The predicted molar refractivity (Wildman–Crippen MR) is 31.0 cm³/mol. The topological polar surface area (TPSA) is 36.2 Å². The summed E-state index contributed by atoms with van der Waals surface area (Å²) in [5.41, 5.74) is 2.77. The second-order valence-electron chi connectivity index (χ2n) is 0.864. The Hall–Kier alpha value is -1.14. The van der Waals surface area contributed by atoms with Gasteiger partial charge in [0, 0.05) is 0 Å². The Morgan fingerprint density at radius 3 is 2.43 bits per heavy atom. The van der Waals surface area contributed by atoms with Gasteiger partial charge in [0.25, 0.3) is 0 Å². The molecule has 0 fully saturated rings. The lowest BCUT2D eigenvalue weighted by atomic mass is 10.5. The molecule has 0 atom stereocenters. The van der Waals surface area contributed by atoms with Crippen molar-refractivity contribution >= 4 is 12.9 Å². The quantitative estimate of drug-likeness (QED) is 0.391. The van der Waals surface area contributed by atoms with E-state index in [-0.39, 0.29) is 0 Å². The van der Waals surface area contributed by atoms with Crippen LogP contribution in [0.4, 0.5) is 0 Å². The smallest absolute Gasteiger partial charge is 0.121 e. The molecule has 36 valence electrons. The minimum atomic E-state index is 0.375. The average Bonchev–Trinajstić information content (AvgIpc) is 1.72. The van der Waals surface area contributed by atoms with E-state index in [2.05, 4.69) is 24.0 Å². The van der Waals surface area contributed by atoms with E-state index in [1.165, 1.54) is 0 Å². The molecular formula is C5H6N2. The van der Waals surface area contributed by atoms with Crippen molar-refractivity contribution < 1.29 is 0 Å². The van der Waals surface area contributed by atoms with Gasteiger partial charge in [-0.3, -0.25) is 4.99 Å². The molecule has 7 heavy (non-hydrogen) atoms. The number of rotatable bonds is 2. The Morgan fingerprint density at radius 2 is 2.43 bits per heavy atom. The standard InChI is InChI=1S/C5H6N2/c1-3-5(4-6)7-2/h4,6H,1-2H2. The normalized spacial score (nSPS) is 6.29. The molecule has 0 aliphatic rings. The molecule has 0 saturated heterocycles. The second-order valence-corrected chi connectivity index (χ2v) is 0.864. The van der Waals surface area contributed by atoms with E-state index in [1.54, 1.807) is 0 Å². The van der Waals surface area contributed by atoms with Gasteiger partial charge >= 0.3 is 0 Å². The van der Waals surface area contributed by atoms with E-state index in [0.717, 1.165) is 6.21 Å². The first-order valence-electron chi connectivity index (χ1n) is 1.72. The molecule has 2 nitrogen and oxygen atoms in total. The highest BCUT2D eigenvalue weighted by atomic mass is 14.7. The van der Waals surface area contributed by atoms with Crippen LogP contribution in [0.3, 0.4) is 0 Å². The molecule has 2 heteroatoms. The third-order valence-electron chi connectivity index (χ3n) is 0.488. The third-order valence-corrected chi connectivity index (χ3v) is 0.488. The van der Waals surface area contributed by atoms with Crippen LogP contribution in [0.15, 0.2) is 23.0 Å². The van der Waals surface area contributed by atoms with Crippen molar-refractivity contribution in [2.45, 2.75) is 0 Å². The van der Waals surface area contributed by atoms with Crippen molar-refractivity contribution in [1.82, 2.24) is 0 Å². The van der Waals surface area contributed by atoms with Crippen LogP contribution in [0.5, 0.6) is 0 Å². The van der Waals surface area contributed by atoms with Crippen molar-refractivity contribution in [1.29, 1.82) is 5.41 Å². The molecular weight excluding hydrogens is 88.1 g/mol. The number of nitrogens with one attached hydrogen (secondary N) is 1. The van der Waals surface area contributed by atoms with E-state index >= 15 is 0 Å². The minimum Gasteiger partial charge on any atom is -0.306 e. The van der Waals surface area contributed by atoms with E-state index in [4.69, 9.17) is 5.41 Å². The average molecular weight is 94.1 g/mol. The maximum atomic E-state index is 6.56. The van der Waals surface area contributed by atoms with E-state index in [0.29, 0.717) is 5.70 Å². The summed E-state index contributed by atoms with van der Waals surface area (Å²) < 4.78 is 0. The van der Waals surface area contributed by atoms with Crippen LogP contribution >= 0.6 is 0 Å². The van der Waals surface area contributed by atoms with Crippen molar-refractivity contribution in [2.24, 2.45) is 4.99 Å². The van der Waals surface area contributed by atoms with Crippen molar-refractivity contribution in [3.05, 3.63) is 18.0 Å². The van der Waals surface area contributed by atoms with Gasteiger partial charge in [-0.2, -0.15) is 0 Å². The van der Waals surface area contributed by atoms with Crippen molar-refractivity contribution in [3.63, 3.8) is 0 Å². The molecule has 0 aliphatic heterocycles.